The predicted octanol–water partition coefficient (Wildman–Crippen LogP) is 1.66. The maximum Gasteiger partial charge on any atom is 0.293 e. The Morgan fingerprint density at radius 3 is 2.69 bits per heavy atom. The maximum atomic E-state index is 11.4. The molecule has 4 nitrogen and oxygen atoms in total. The summed E-state index contributed by atoms with van der Waals surface area (Å²) in [6.45, 7) is 2.12. The van der Waals surface area contributed by atoms with Crippen LogP contribution in [0.15, 0.2) is 23.3 Å². The van der Waals surface area contributed by atoms with Crippen LogP contribution in [-0.4, -0.2) is 27.7 Å². The van der Waals surface area contributed by atoms with E-state index in [1.54, 1.807) is 6.92 Å². The molecule has 70 valence electrons. The van der Waals surface area contributed by atoms with Crippen molar-refractivity contribution in [3.8, 4) is 0 Å². The van der Waals surface area contributed by atoms with Crippen LogP contribution in [0.1, 0.15) is 6.92 Å². The van der Waals surface area contributed by atoms with Crippen LogP contribution in [0.2, 0.25) is 0 Å². The minimum Gasteiger partial charge on any atom is -0.516 e. The van der Waals surface area contributed by atoms with Crippen LogP contribution >= 0.6 is 11.8 Å². The fourth-order valence-corrected chi connectivity index (χ4v) is 1.77. The Morgan fingerprint density at radius 2 is 2.23 bits per heavy atom. The van der Waals surface area contributed by atoms with Crippen molar-refractivity contribution in [2.24, 2.45) is 0 Å². The highest BCUT2D eigenvalue weighted by molar-refractivity contribution is 8.18. The van der Waals surface area contributed by atoms with Crippen molar-refractivity contribution in [2.45, 2.75) is 6.92 Å². The van der Waals surface area contributed by atoms with Crippen LogP contribution in [0.4, 0.5) is 4.79 Å². The summed E-state index contributed by atoms with van der Waals surface area (Å²) in [5, 5.41) is 8.10. The zero-order valence-corrected chi connectivity index (χ0v) is 7.87. The lowest BCUT2D eigenvalue weighted by Gasteiger charge is -2.06. The number of amides is 2. The van der Waals surface area contributed by atoms with E-state index < -0.39 is 0 Å². The number of nitrogens with zero attached hydrogens (tertiary/aromatic N) is 1. The summed E-state index contributed by atoms with van der Waals surface area (Å²) in [5.41, 5.74) is 0. The van der Waals surface area contributed by atoms with Gasteiger partial charge in [-0.25, -0.2) is 0 Å². The van der Waals surface area contributed by atoms with Crippen molar-refractivity contribution in [1.82, 2.24) is 4.90 Å². The molecule has 5 heteroatoms. The standard InChI is InChI=1S/C8H9NO3S/c1-2-9-7(11)6(4-3-5-10)13-8(9)12/h3-5,10H,2H2,1H3/b5-3-,6-4-. The number of likely N-dealkylation sites (N-methyl/N-ethyl adjacent to an activating group) is 1. The number of hydrogen-bond acceptors (Lipinski definition) is 4. The highest BCUT2D eigenvalue weighted by Crippen LogP contribution is 2.29. The summed E-state index contributed by atoms with van der Waals surface area (Å²) in [6.07, 6.45) is 3.55. The highest BCUT2D eigenvalue weighted by Gasteiger charge is 2.33. The number of carbonyl (C=O) groups excluding carboxylic acids is 2. The molecule has 0 spiro atoms. The average molecular weight is 199 g/mol. The van der Waals surface area contributed by atoms with E-state index >= 15 is 0 Å². The third-order valence-electron chi connectivity index (χ3n) is 1.52. The van der Waals surface area contributed by atoms with E-state index in [1.165, 1.54) is 12.2 Å². The van der Waals surface area contributed by atoms with E-state index in [4.69, 9.17) is 5.11 Å². The van der Waals surface area contributed by atoms with Gasteiger partial charge in [0, 0.05) is 6.54 Å². The summed E-state index contributed by atoms with van der Waals surface area (Å²) in [5.74, 6) is -0.296. The van der Waals surface area contributed by atoms with Crippen LogP contribution in [0.3, 0.4) is 0 Å². The third-order valence-corrected chi connectivity index (χ3v) is 2.45. The van der Waals surface area contributed by atoms with E-state index in [9.17, 15) is 9.59 Å². The van der Waals surface area contributed by atoms with Gasteiger partial charge < -0.3 is 5.11 Å². The first-order chi connectivity index (χ1) is 6.20. The van der Waals surface area contributed by atoms with Gasteiger partial charge in [0.25, 0.3) is 11.1 Å². The predicted molar refractivity (Wildman–Crippen MR) is 50.2 cm³/mol. The molecule has 0 aromatic rings. The number of rotatable bonds is 2. The summed E-state index contributed by atoms with van der Waals surface area (Å²) in [4.78, 5) is 24.0. The molecule has 1 aliphatic rings. The van der Waals surface area contributed by atoms with Crippen LogP contribution in [-0.2, 0) is 4.79 Å². The number of aliphatic hydroxyl groups excluding tert-OH is 1. The summed E-state index contributed by atoms with van der Waals surface area (Å²) in [6, 6.07) is 0. The zero-order valence-electron chi connectivity index (χ0n) is 7.06. The van der Waals surface area contributed by atoms with Crippen molar-refractivity contribution in [3.05, 3.63) is 23.3 Å². The molecule has 0 aromatic carbocycles. The second-order valence-electron chi connectivity index (χ2n) is 2.29. The number of carbonyl (C=O) groups is 2. The molecule has 1 aliphatic heterocycles. The second-order valence-corrected chi connectivity index (χ2v) is 3.28. The topological polar surface area (TPSA) is 57.6 Å². The normalized spacial score (nSPS) is 21.0. The Balaban J connectivity index is 2.84. The second kappa shape index (κ2) is 4.13. The van der Waals surface area contributed by atoms with E-state index in [0.29, 0.717) is 11.4 Å². The molecular formula is C8H9NO3S. The quantitative estimate of drug-likeness (QED) is 0.542. The van der Waals surface area contributed by atoms with Crippen molar-refractivity contribution in [2.75, 3.05) is 6.54 Å². The molecule has 0 unspecified atom stereocenters. The Kier molecular flexibility index (Phi) is 3.13. The van der Waals surface area contributed by atoms with Crippen molar-refractivity contribution in [1.29, 1.82) is 0 Å². The lowest BCUT2D eigenvalue weighted by atomic mass is 10.4. The van der Waals surface area contributed by atoms with E-state index in [-0.39, 0.29) is 11.1 Å². The van der Waals surface area contributed by atoms with Crippen LogP contribution in [0.25, 0.3) is 0 Å². The molecule has 2 amide bonds. The fraction of sp³-hybridized carbons (Fsp3) is 0.250. The largest absolute Gasteiger partial charge is 0.516 e. The van der Waals surface area contributed by atoms with Gasteiger partial charge in [-0.3, -0.25) is 14.5 Å². The molecule has 0 aromatic heterocycles. The van der Waals surface area contributed by atoms with Gasteiger partial charge in [0.2, 0.25) is 0 Å². The Labute approximate surface area is 79.9 Å². The number of hydrogen-bond donors (Lipinski definition) is 1. The Bertz CT molecular complexity index is 296. The van der Waals surface area contributed by atoms with Crippen LogP contribution in [0, 0.1) is 0 Å². The minimum atomic E-state index is -0.296. The maximum absolute atomic E-state index is 11.4. The first kappa shape index (κ1) is 9.85. The van der Waals surface area contributed by atoms with Crippen molar-refractivity contribution in [3.63, 3.8) is 0 Å². The summed E-state index contributed by atoms with van der Waals surface area (Å²) in [7, 11) is 0. The molecule has 1 N–H and O–H groups in total. The number of imide groups is 1. The van der Waals surface area contributed by atoms with Gasteiger partial charge in [-0.1, -0.05) is 0 Å². The van der Waals surface area contributed by atoms with E-state index in [1.807, 2.05) is 0 Å². The van der Waals surface area contributed by atoms with Crippen LogP contribution < -0.4 is 0 Å². The zero-order chi connectivity index (χ0) is 9.84. The van der Waals surface area contributed by atoms with Gasteiger partial charge in [0.05, 0.1) is 11.2 Å². The van der Waals surface area contributed by atoms with Crippen molar-refractivity contribution >= 4 is 22.9 Å². The van der Waals surface area contributed by atoms with Gasteiger partial charge in [0.1, 0.15) is 0 Å². The Morgan fingerprint density at radius 1 is 1.54 bits per heavy atom. The number of thioether (sulfide) groups is 1. The molecule has 1 fully saturated rings. The highest BCUT2D eigenvalue weighted by atomic mass is 32.2. The molecule has 1 saturated heterocycles. The molecule has 0 aliphatic carbocycles. The molecule has 0 bridgehead atoms. The molecular weight excluding hydrogens is 190 g/mol. The lowest BCUT2D eigenvalue weighted by Crippen LogP contribution is -2.27. The third kappa shape index (κ3) is 1.92. The molecule has 0 atom stereocenters. The monoisotopic (exact) mass is 199 g/mol. The number of aliphatic hydroxyl groups is 1. The molecule has 0 saturated carbocycles. The van der Waals surface area contributed by atoms with Gasteiger partial charge in [-0.15, -0.1) is 0 Å². The van der Waals surface area contributed by atoms with Gasteiger partial charge in [-0.2, -0.15) is 0 Å². The smallest absolute Gasteiger partial charge is 0.293 e. The fourth-order valence-electron chi connectivity index (χ4n) is 0.917. The molecule has 13 heavy (non-hydrogen) atoms. The molecule has 1 rings (SSSR count). The van der Waals surface area contributed by atoms with E-state index in [2.05, 4.69) is 0 Å². The summed E-state index contributed by atoms with van der Waals surface area (Å²) >= 11 is 0.882. The van der Waals surface area contributed by atoms with E-state index in [0.717, 1.165) is 22.9 Å². The summed E-state index contributed by atoms with van der Waals surface area (Å²) < 4.78 is 0. The SMILES string of the molecule is CCN1C(=O)S/C(=C\C=C/O)C1=O. The molecule has 0 radical (unpaired) electrons. The first-order valence-electron chi connectivity index (χ1n) is 3.75. The average Bonchev–Trinajstić information content (AvgIpc) is 2.38. The number of allylic oxidation sites excluding steroid dienone is 2. The van der Waals surface area contributed by atoms with Crippen LogP contribution in [0.5, 0.6) is 0 Å². The van der Waals surface area contributed by atoms with Crippen molar-refractivity contribution < 1.29 is 14.7 Å². The Hall–Kier alpha value is -1.23. The van der Waals surface area contributed by atoms with Gasteiger partial charge in [0.15, 0.2) is 0 Å². The molecule has 1 heterocycles. The first-order valence-corrected chi connectivity index (χ1v) is 4.57. The van der Waals surface area contributed by atoms with Gasteiger partial charge in [-0.05, 0) is 30.8 Å². The van der Waals surface area contributed by atoms with Gasteiger partial charge >= 0.3 is 0 Å². The lowest BCUT2D eigenvalue weighted by molar-refractivity contribution is -0.122. The minimum absolute atomic E-state index is 0.259.